The second-order valence-electron chi connectivity index (χ2n) is 7.08. The Balaban J connectivity index is 1.92. The van der Waals surface area contributed by atoms with E-state index in [-0.39, 0.29) is 5.91 Å². The number of piperidine rings is 1. The van der Waals surface area contributed by atoms with E-state index < -0.39 is 0 Å². The van der Waals surface area contributed by atoms with Gasteiger partial charge in [0, 0.05) is 23.3 Å². The summed E-state index contributed by atoms with van der Waals surface area (Å²) in [5.74, 6) is -0.137. The van der Waals surface area contributed by atoms with Gasteiger partial charge < -0.3 is 16.0 Å². The molecule has 25 heavy (non-hydrogen) atoms. The third-order valence-corrected chi connectivity index (χ3v) is 5.12. The summed E-state index contributed by atoms with van der Waals surface area (Å²) < 4.78 is 0. The fraction of sp³-hybridized carbons (Fsp3) is 0.381. The molecule has 1 aliphatic rings. The maximum atomic E-state index is 12.5. The molecule has 0 spiro atoms. The molecular formula is C21H27N3O. The van der Waals surface area contributed by atoms with Crippen molar-refractivity contribution in [2.24, 2.45) is 0 Å². The van der Waals surface area contributed by atoms with Gasteiger partial charge in [0.2, 0.25) is 0 Å². The highest BCUT2D eigenvalue weighted by molar-refractivity contribution is 6.06. The zero-order chi connectivity index (χ0) is 18.0. The Bertz CT molecular complexity index is 747. The average molecular weight is 337 g/mol. The quantitative estimate of drug-likeness (QED) is 0.805. The molecule has 0 aromatic heterocycles. The highest BCUT2D eigenvalue weighted by atomic mass is 16.1. The zero-order valence-corrected chi connectivity index (χ0v) is 15.3. The van der Waals surface area contributed by atoms with Crippen LogP contribution in [0, 0.1) is 6.92 Å². The largest absolute Gasteiger partial charge is 0.397 e. The summed E-state index contributed by atoms with van der Waals surface area (Å²) in [7, 11) is 0. The van der Waals surface area contributed by atoms with Gasteiger partial charge in [-0.15, -0.1) is 0 Å². The number of hydrogen-bond acceptors (Lipinski definition) is 3. The van der Waals surface area contributed by atoms with E-state index in [1.165, 1.54) is 19.3 Å². The molecule has 4 heteroatoms. The van der Waals surface area contributed by atoms with Crippen molar-refractivity contribution in [3.63, 3.8) is 0 Å². The van der Waals surface area contributed by atoms with Gasteiger partial charge in [0.05, 0.1) is 11.4 Å². The fourth-order valence-corrected chi connectivity index (χ4v) is 3.79. The summed E-state index contributed by atoms with van der Waals surface area (Å²) in [4.78, 5) is 15.0. The van der Waals surface area contributed by atoms with Gasteiger partial charge >= 0.3 is 0 Å². The zero-order valence-electron chi connectivity index (χ0n) is 15.3. The molecule has 0 radical (unpaired) electrons. The number of hydrogen-bond donors (Lipinski definition) is 2. The fourth-order valence-electron chi connectivity index (χ4n) is 3.79. The lowest BCUT2D eigenvalue weighted by atomic mass is 9.95. The van der Waals surface area contributed by atoms with Crippen LogP contribution in [-0.2, 0) is 0 Å². The smallest absolute Gasteiger partial charge is 0.255 e. The van der Waals surface area contributed by atoms with E-state index in [1.807, 2.05) is 30.3 Å². The highest BCUT2D eigenvalue weighted by Crippen LogP contribution is 2.35. The maximum absolute atomic E-state index is 12.5. The van der Waals surface area contributed by atoms with Crippen molar-refractivity contribution in [2.75, 3.05) is 16.0 Å². The predicted molar refractivity (Wildman–Crippen MR) is 105 cm³/mol. The standard InChI is InChI=1S/C21H27N3O/c1-14-12-18(22)19(23-21(25)17-10-5-4-6-11-17)13-20(14)24-15(2)8-7-9-16(24)3/h4-6,10-13,15-16H,7-9,22H2,1-3H3,(H,23,25)/t15-,16-/m0/s1. The van der Waals surface area contributed by atoms with Gasteiger partial charge in [-0.3, -0.25) is 4.79 Å². The van der Waals surface area contributed by atoms with Crippen molar-refractivity contribution in [2.45, 2.75) is 52.1 Å². The molecule has 0 bridgehead atoms. The minimum Gasteiger partial charge on any atom is -0.397 e. The topological polar surface area (TPSA) is 58.4 Å². The molecule has 2 atom stereocenters. The average Bonchev–Trinajstić information content (AvgIpc) is 2.59. The Hall–Kier alpha value is -2.49. The number of nitrogens with two attached hydrogens (primary N) is 1. The molecule has 132 valence electrons. The molecule has 4 nitrogen and oxygen atoms in total. The van der Waals surface area contributed by atoms with Crippen LogP contribution in [-0.4, -0.2) is 18.0 Å². The van der Waals surface area contributed by atoms with Crippen molar-refractivity contribution in [1.29, 1.82) is 0 Å². The summed E-state index contributed by atoms with van der Waals surface area (Å²) in [5, 5.41) is 2.97. The molecule has 1 fully saturated rings. The second kappa shape index (κ2) is 7.18. The van der Waals surface area contributed by atoms with Crippen LogP contribution in [0.1, 0.15) is 49.0 Å². The van der Waals surface area contributed by atoms with E-state index in [2.05, 4.69) is 31.0 Å². The molecule has 1 amide bonds. The van der Waals surface area contributed by atoms with Crippen LogP contribution in [0.4, 0.5) is 17.1 Å². The van der Waals surface area contributed by atoms with E-state index in [9.17, 15) is 4.79 Å². The third kappa shape index (κ3) is 3.63. The van der Waals surface area contributed by atoms with E-state index in [1.54, 1.807) is 12.1 Å². The number of aryl methyl sites for hydroxylation is 1. The number of carbonyl (C=O) groups excluding carboxylic acids is 1. The van der Waals surface area contributed by atoms with Crippen LogP contribution in [0.3, 0.4) is 0 Å². The Morgan fingerprint density at radius 3 is 2.40 bits per heavy atom. The normalized spacial score (nSPS) is 20.4. The molecule has 1 heterocycles. The number of amides is 1. The summed E-state index contributed by atoms with van der Waals surface area (Å²) in [6.45, 7) is 6.63. The first-order chi connectivity index (χ1) is 12.0. The van der Waals surface area contributed by atoms with Crippen molar-refractivity contribution < 1.29 is 4.79 Å². The van der Waals surface area contributed by atoms with E-state index in [0.717, 1.165) is 11.3 Å². The molecule has 3 rings (SSSR count). The lowest BCUT2D eigenvalue weighted by Gasteiger charge is -2.42. The predicted octanol–water partition coefficient (Wildman–Crippen LogP) is 4.60. The van der Waals surface area contributed by atoms with E-state index in [4.69, 9.17) is 5.73 Å². The summed E-state index contributed by atoms with van der Waals surface area (Å²) in [5.41, 5.74) is 10.4. The summed E-state index contributed by atoms with van der Waals surface area (Å²) >= 11 is 0. The lowest BCUT2D eigenvalue weighted by Crippen LogP contribution is -2.44. The number of benzene rings is 2. The number of anilines is 3. The number of nitrogen functional groups attached to an aromatic ring is 1. The third-order valence-electron chi connectivity index (χ3n) is 5.12. The van der Waals surface area contributed by atoms with Crippen LogP contribution in [0.2, 0.25) is 0 Å². The monoisotopic (exact) mass is 337 g/mol. The Kier molecular flexibility index (Phi) is 4.98. The van der Waals surface area contributed by atoms with Gasteiger partial charge in [-0.05, 0) is 69.9 Å². The first-order valence-electron chi connectivity index (χ1n) is 9.02. The minimum atomic E-state index is -0.137. The van der Waals surface area contributed by atoms with Gasteiger partial charge in [-0.2, -0.15) is 0 Å². The molecule has 0 aliphatic carbocycles. The molecule has 1 aliphatic heterocycles. The summed E-state index contributed by atoms with van der Waals surface area (Å²) in [6, 6.07) is 14.2. The molecule has 2 aromatic carbocycles. The lowest BCUT2D eigenvalue weighted by molar-refractivity contribution is 0.102. The number of rotatable bonds is 3. The second-order valence-corrected chi connectivity index (χ2v) is 7.08. The van der Waals surface area contributed by atoms with Crippen molar-refractivity contribution in [3.8, 4) is 0 Å². The van der Waals surface area contributed by atoms with Gasteiger partial charge in [0.25, 0.3) is 5.91 Å². The first kappa shape index (κ1) is 17.3. The van der Waals surface area contributed by atoms with Crippen LogP contribution in [0.25, 0.3) is 0 Å². The van der Waals surface area contributed by atoms with E-state index in [0.29, 0.717) is 29.0 Å². The van der Waals surface area contributed by atoms with Crippen LogP contribution < -0.4 is 16.0 Å². The van der Waals surface area contributed by atoms with Gasteiger partial charge in [0.15, 0.2) is 0 Å². The van der Waals surface area contributed by atoms with Crippen molar-refractivity contribution >= 4 is 23.0 Å². The van der Waals surface area contributed by atoms with E-state index >= 15 is 0 Å². The molecule has 1 saturated heterocycles. The van der Waals surface area contributed by atoms with Gasteiger partial charge in [-0.25, -0.2) is 0 Å². The first-order valence-corrected chi connectivity index (χ1v) is 9.02. The molecule has 2 aromatic rings. The molecule has 0 unspecified atom stereocenters. The number of nitrogens with one attached hydrogen (secondary N) is 1. The minimum absolute atomic E-state index is 0.137. The Morgan fingerprint density at radius 1 is 1.12 bits per heavy atom. The highest BCUT2D eigenvalue weighted by Gasteiger charge is 2.26. The number of carbonyl (C=O) groups is 1. The van der Waals surface area contributed by atoms with Crippen molar-refractivity contribution in [1.82, 2.24) is 0 Å². The Morgan fingerprint density at radius 2 is 1.76 bits per heavy atom. The van der Waals surface area contributed by atoms with Gasteiger partial charge in [-0.1, -0.05) is 18.2 Å². The molecule has 3 N–H and O–H groups in total. The molecular weight excluding hydrogens is 310 g/mol. The van der Waals surface area contributed by atoms with Crippen LogP contribution >= 0.6 is 0 Å². The summed E-state index contributed by atoms with van der Waals surface area (Å²) in [6.07, 6.45) is 3.66. The van der Waals surface area contributed by atoms with Gasteiger partial charge in [0.1, 0.15) is 0 Å². The Labute approximate surface area is 150 Å². The SMILES string of the molecule is Cc1cc(N)c(NC(=O)c2ccccc2)cc1N1[C@@H](C)CCC[C@@H]1C. The number of nitrogens with zero attached hydrogens (tertiary/aromatic N) is 1. The maximum Gasteiger partial charge on any atom is 0.255 e. The van der Waals surface area contributed by atoms with Crippen LogP contribution in [0.5, 0.6) is 0 Å². The van der Waals surface area contributed by atoms with Crippen molar-refractivity contribution in [3.05, 3.63) is 53.6 Å². The molecule has 0 saturated carbocycles. The van der Waals surface area contributed by atoms with Crippen LogP contribution in [0.15, 0.2) is 42.5 Å².